The molecular weight excluding hydrogens is 280 g/mol. The molecule has 1 aromatic carbocycles. The van der Waals surface area contributed by atoms with E-state index >= 15 is 0 Å². The third-order valence-electron chi connectivity index (χ3n) is 3.48. The molecule has 0 aliphatic carbocycles. The SMILES string of the molecule is CCCC[C@@H](C)C(=O)NCc1ccc(OC)c(NC(C)=O)c1. The minimum Gasteiger partial charge on any atom is -0.495 e. The Balaban J connectivity index is 2.65. The number of amides is 2. The molecule has 5 nitrogen and oxygen atoms in total. The van der Waals surface area contributed by atoms with Gasteiger partial charge < -0.3 is 15.4 Å². The van der Waals surface area contributed by atoms with Gasteiger partial charge in [-0.15, -0.1) is 0 Å². The van der Waals surface area contributed by atoms with Gasteiger partial charge in [0.25, 0.3) is 0 Å². The molecule has 0 saturated carbocycles. The van der Waals surface area contributed by atoms with Gasteiger partial charge in [0, 0.05) is 19.4 Å². The van der Waals surface area contributed by atoms with Crippen LogP contribution in [0.15, 0.2) is 18.2 Å². The molecule has 2 amide bonds. The second kappa shape index (κ2) is 9.07. The van der Waals surface area contributed by atoms with E-state index in [-0.39, 0.29) is 17.7 Å². The third kappa shape index (κ3) is 5.76. The summed E-state index contributed by atoms with van der Waals surface area (Å²) in [5.74, 6) is 0.521. The van der Waals surface area contributed by atoms with E-state index in [0.717, 1.165) is 24.8 Å². The highest BCUT2D eigenvalue weighted by Gasteiger charge is 2.12. The molecule has 1 aromatic rings. The van der Waals surface area contributed by atoms with Gasteiger partial charge in [-0.2, -0.15) is 0 Å². The molecule has 0 spiro atoms. The van der Waals surface area contributed by atoms with Crippen LogP contribution in [0.2, 0.25) is 0 Å². The molecule has 122 valence electrons. The highest BCUT2D eigenvalue weighted by Crippen LogP contribution is 2.25. The number of unbranched alkanes of at least 4 members (excludes halogenated alkanes) is 1. The van der Waals surface area contributed by atoms with Gasteiger partial charge in [-0.05, 0) is 24.1 Å². The van der Waals surface area contributed by atoms with Crippen molar-refractivity contribution in [1.29, 1.82) is 0 Å². The van der Waals surface area contributed by atoms with Crippen molar-refractivity contribution in [3.05, 3.63) is 23.8 Å². The van der Waals surface area contributed by atoms with Crippen LogP contribution in [0.5, 0.6) is 5.75 Å². The van der Waals surface area contributed by atoms with Crippen LogP contribution >= 0.6 is 0 Å². The first-order valence-electron chi connectivity index (χ1n) is 7.70. The van der Waals surface area contributed by atoms with E-state index in [1.165, 1.54) is 6.92 Å². The van der Waals surface area contributed by atoms with Gasteiger partial charge in [-0.3, -0.25) is 9.59 Å². The summed E-state index contributed by atoms with van der Waals surface area (Å²) in [5.41, 5.74) is 1.53. The van der Waals surface area contributed by atoms with E-state index in [0.29, 0.717) is 18.0 Å². The number of ether oxygens (including phenoxy) is 1. The van der Waals surface area contributed by atoms with Crippen LogP contribution in [0.25, 0.3) is 0 Å². The molecule has 1 rings (SSSR count). The fourth-order valence-electron chi connectivity index (χ4n) is 2.16. The van der Waals surface area contributed by atoms with Crippen molar-refractivity contribution < 1.29 is 14.3 Å². The van der Waals surface area contributed by atoms with E-state index in [4.69, 9.17) is 4.74 Å². The summed E-state index contributed by atoms with van der Waals surface area (Å²) in [4.78, 5) is 23.2. The quantitative estimate of drug-likeness (QED) is 0.775. The maximum Gasteiger partial charge on any atom is 0.223 e. The summed E-state index contributed by atoms with van der Waals surface area (Å²) in [7, 11) is 1.55. The summed E-state index contributed by atoms with van der Waals surface area (Å²) in [5, 5.41) is 5.66. The summed E-state index contributed by atoms with van der Waals surface area (Å²) < 4.78 is 5.21. The predicted octanol–water partition coefficient (Wildman–Crippen LogP) is 3.10. The van der Waals surface area contributed by atoms with Gasteiger partial charge >= 0.3 is 0 Å². The van der Waals surface area contributed by atoms with Crippen LogP contribution in [-0.2, 0) is 16.1 Å². The molecule has 0 unspecified atom stereocenters. The number of benzene rings is 1. The molecule has 22 heavy (non-hydrogen) atoms. The number of rotatable bonds is 8. The fourth-order valence-corrected chi connectivity index (χ4v) is 2.16. The predicted molar refractivity (Wildman–Crippen MR) is 87.8 cm³/mol. The van der Waals surface area contributed by atoms with Crippen molar-refractivity contribution in [1.82, 2.24) is 5.32 Å². The lowest BCUT2D eigenvalue weighted by Gasteiger charge is -2.14. The first-order chi connectivity index (χ1) is 10.5. The van der Waals surface area contributed by atoms with Crippen molar-refractivity contribution in [2.24, 2.45) is 5.92 Å². The minimum atomic E-state index is -0.160. The zero-order chi connectivity index (χ0) is 16.5. The Labute approximate surface area is 132 Å². The number of carbonyl (C=O) groups excluding carboxylic acids is 2. The Morgan fingerprint density at radius 2 is 2.05 bits per heavy atom. The molecule has 0 aliphatic heterocycles. The second-order valence-electron chi connectivity index (χ2n) is 5.48. The zero-order valence-corrected chi connectivity index (χ0v) is 13.9. The van der Waals surface area contributed by atoms with Gasteiger partial charge in [0.2, 0.25) is 11.8 Å². The molecule has 0 bridgehead atoms. The van der Waals surface area contributed by atoms with Crippen molar-refractivity contribution >= 4 is 17.5 Å². The van der Waals surface area contributed by atoms with Crippen molar-refractivity contribution in [3.63, 3.8) is 0 Å². The Morgan fingerprint density at radius 1 is 1.32 bits per heavy atom. The summed E-state index contributed by atoms with van der Waals surface area (Å²) >= 11 is 0. The lowest BCUT2D eigenvalue weighted by atomic mass is 10.0. The molecule has 0 heterocycles. The third-order valence-corrected chi connectivity index (χ3v) is 3.48. The Morgan fingerprint density at radius 3 is 2.64 bits per heavy atom. The molecular formula is C17H26N2O3. The summed E-state index contributed by atoms with van der Waals surface area (Å²) in [6.45, 7) is 5.95. The van der Waals surface area contributed by atoms with Crippen LogP contribution in [-0.4, -0.2) is 18.9 Å². The molecule has 2 N–H and O–H groups in total. The van der Waals surface area contributed by atoms with Gasteiger partial charge in [-0.1, -0.05) is 32.8 Å². The van der Waals surface area contributed by atoms with Crippen molar-refractivity contribution in [2.45, 2.75) is 46.6 Å². The highest BCUT2D eigenvalue weighted by atomic mass is 16.5. The number of hydrogen-bond acceptors (Lipinski definition) is 3. The average Bonchev–Trinajstić information content (AvgIpc) is 2.49. The molecule has 0 fully saturated rings. The number of hydrogen-bond donors (Lipinski definition) is 2. The summed E-state index contributed by atoms with van der Waals surface area (Å²) in [6.07, 6.45) is 3.06. The number of anilines is 1. The topological polar surface area (TPSA) is 67.4 Å². The zero-order valence-electron chi connectivity index (χ0n) is 13.9. The minimum absolute atomic E-state index is 0.0213. The molecule has 1 atom stereocenters. The van der Waals surface area contributed by atoms with Crippen LogP contribution in [0.3, 0.4) is 0 Å². The first kappa shape index (κ1) is 18.0. The smallest absolute Gasteiger partial charge is 0.223 e. The largest absolute Gasteiger partial charge is 0.495 e. The molecule has 0 aliphatic rings. The van der Waals surface area contributed by atoms with E-state index in [1.807, 2.05) is 19.1 Å². The first-order valence-corrected chi connectivity index (χ1v) is 7.70. The van der Waals surface area contributed by atoms with Gasteiger partial charge in [0.05, 0.1) is 12.8 Å². The summed E-state index contributed by atoms with van der Waals surface area (Å²) in [6, 6.07) is 5.48. The normalized spacial score (nSPS) is 11.6. The molecule has 0 saturated heterocycles. The van der Waals surface area contributed by atoms with Gasteiger partial charge in [-0.25, -0.2) is 0 Å². The van der Waals surface area contributed by atoms with Gasteiger partial charge in [0.1, 0.15) is 5.75 Å². The monoisotopic (exact) mass is 306 g/mol. The second-order valence-corrected chi connectivity index (χ2v) is 5.48. The molecule has 0 aromatic heterocycles. The van der Waals surface area contributed by atoms with Crippen LogP contribution in [0.1, 0.15) is 45.6 Å². The van der Waals surface area contributed by atoms with Crippen molar-refractivity contribution in [2.75, 3.05) is 12.4 Å². The van der Waals surface area contributed by atoms with Crippen LogP contribution in [0.4, 0.5) is 5.69 Å². The Bertz CT molecular complexity index is 515. The maximum atomic E-state index is 12.0. The van der Waals surface area contributed by atoms with Crippen LogP contribution < -0.4 is 15.4 Å². The van der Waals surface area contributed by atoms with Crippen molar-refractivity contribution in [3.8, 4) is 5.75 Å². The number of nitrogens with one attached hydrogen (secondary N) is 2. The lowest BCUT2D eigenvalue weighted by Crippen LogP contribution is -2.28. The highest BCUT2D eigenvalue weighted by molar-refractivity contribution is 5.90. The van der Waals surface area contributed by atoms with E-state index in [1.54, 1.807) is 13.2 Å². The molecule has 5 heteroatoms. The number of methoxy groups -OCH3 is 1. The molecule has 0 radical (unpaired) electrons. The van der Waals surface area contributed by atoms with Crippen LogP contribution in [0, 0.1) is 5.92 Å². The number of carbonyl (C=O) groups is 2. The Hall–Kier alpha value is -2.04. The average molecular weight is 306 g/mol. The Kier molecular flexibility index (Phi) is 7.43. The van der Waals surface area contributed by atoms with E-state index in [9.17, 15) is 9.59 Å². The fraction of sp³-hybridized carbons (Fsp3) is 0.529. The standard InChI is InChI=1S/C17H26N2O3/c1-5-6-7-12(2)17(21)18-11-14-8-9-16(22-4)15(10-14)19-13(3)20/h8-10,12H,5-7,11H2,1-4H3,(H,18,21)(H,19,20)/t12-/m1/s1. The van der Waals surface area contributed by atoms with E-state index in [2.05, 4.69) is 17.6 Å². The lowest BCUT2D eigenvalue weighted by molar-refractivity contribution is -0.124. The van der Waals surface area contributed by atoms with E-state index < -0.39 is 0 Å². The van der Waals surface area contributed by atoms with Gasteiger partial charge in [0.15, 0.2) is 0 Å². The maximum absolute atomic E-state index is 12.0.